The van der Waals surface area contributed by atoms with E-state index in [1.54, 1.807) is 11.3 Å². The summed E-state index contributed by atoms with van der Waals surface area (Å²) in [7, 11) is 2.16. The van der Waals surface area contributed by atoms with Gasteiger partial charge in [-0.25, -0.2) is 0 Å². The predicted octanol–water partition coefficient (Wildman–Crippen LogP) is 3.79. The van der Waals surface area contributed by atoms with Gasteiger partial charge < -0.3 is 9.80 Å². The minimum Gasteiger partial charge on any atom is -0.309 e. The van der Waals surface area contributed by atoms with Crippen molar-refractivity contribution in [2.24, 2.45) is 0 Å². The Labute approximate surface area is 141 Å². The lowest BCUT2D eigenvalue weighted by molar-refractivity contribution is -0.119. The number of likely N-dealkylation sites (tertiary alicyclic amines) is 1. The van der Waals surface area contributed by atoms with E-state index >= 15 is 0 Å². The Hall–Kier alpha value is -1.65. The van der Waals surface area contributed by atoms with Gasteiger partial charge in [-0.1, -0.05) is 12.1 Å². The SMILES string of the molecule is CN1CCC(N2C(=O)CCc3cc(-c4cccs4)ccc32)CC1. The summed E-state index contributed by atoms with van der Waals surface area (Å²) < 4.78 is 0. The molecule has 1 saturated heterocycles. The van der Waals surface area contributed by atoms with Gasteiger partial charge in [0.2, 0.25) is 5.91 Å². The molecule has 23 heavy (non-hydrogen) atoms. The molecule has 3 heterocycles. The summed E-state index contributed by atoms with van der Waals surface area (Å²) in [6.45, 7) is 2.16. The van der Waals surface area contributed by atoms with E-state index in [-0.39, 0.29) is 0 Å². The highest BCUT2D eigenvalue weighted by Crippen LogP contribution is 2.36. The summed E-state index contributed by atoms with van der Waals surface area (Å²) in [5.41, 5.74) is 3.75. The van der Waals surface area contributed by atoms with E-state index in [1.165, 1.54) is 16.0 Å². The largest absolute Gasteiger partial charge is 0.309 e. The van der Waals surface area contributed by atoms with Gasteiger partial charge in [-0.05, 0) is 74.1 Å². The monoisotopic (exact) mass is 326 g/mol. The molecule has 2 aliphatic rings. The first-order chi connectivity index (χ1) is 11.2. The fourth-order valence-corrected chi connectivity index (χ4v) is 4.49. The standard InChI is InChI=1S/C19H22N2OS/c1-20-10-8-16(9-11-20)21-17-6-4-15(18-3-2-12-23-18)13-14(17)5-7-19(21)22/h2-4,6,12-13,16H,5,7-11H2,1H3. The van der Waals surface area contributed by atoms with E-state index in [4.69, 9.17) is 0 Å². The van der Waals surface area contributed by atoms with Crippen LogP contribution in [0.5, 0.6) is 0 Å². The number of thiophene rings is 1. The zero-order chi connectivity index (χ0) is 15.8. The second-order valence-corrected chi connectivity index (χ2v) is 7.57. The van der Waals surface area contributed by atoms with Crippen LogP contribution in [0.15, 0.2) is 35.7 Å². The van der Waals surface area contributed by atoms with E-state index in [2.05, 4.69) is 52.6 Å². The second-order valence-electron chi connectivity index (χ2n) is 6.62. The number of aryl methyl sites for hydroxylation is 1. The summed E-state index contributed by atoms with van der Waals surface area (Å²) in [6.07, 6.45) is 3.67. The third kappa shape index (κ3) is 2.81. The lowest BCUT2D eigenvalue weighted by Gasteiger charge is -2.40. The van der Waals surface area contributed by atoms with Crippen LogP contribution in [0.3, 0.4) is 0 Å². The van der Waals surface area contributed by atoms with Gasteiger partial charge in [0.15, 0.2) is 0 Å². The van der Waals surface area contributed by atoms with Crippen molar-refractivity contribution in [3.63, 3.8) is 0 Å². The molecule has 1 aromatic heterocycles. The molecule has 0 radical (unpaired) electrons. The average molecular weight is 326 g/mol. The number of nitrogens with zero attached hydrogens (tertiary/aromatic N) is 2. The maximum Gasteiger partial charge on any atom is 0.227 e. The van der Waals surface area contributed by atoms with Gasteiger partial charge in [0, 0.05) is 23.0 Å². The second kappa shape index (κ2) is 6.10. The van der Waals surface area contributed by atoms with E-state index in [9.17, 15) is 4.79 Å². The zero-order valence-electron chi connectivity index (χ0n) is 13.5. The molecule has 0 spiro atoms. The third-order valence-corrected chi connectivity index (χ3v) is 5.99. The normalized spacial score (nSPS) is 19.9. The first kappa shape index (κ1) is 14.9. The van der Waals surface area contributed by atoms with Crippen molar-refractivity contribution >= 4 is 22.9 Å². The number of piperidine rings is 1. The number of fused-ring (bicyclic) bond motifs is 1. The molecule has 0 bridgehead atoms. The molecule has 1 amide bonds. The number of hydrogen-bond donors (Lipinski definition) is 0. The van der Waals surface area contributed by atoms with E-state index in [0.29, 0.717) is 18.4 Å². The van der Waals surface area contributed by atoms with E-state index in [0.717, 1.165) is 38.0 Å². The Kier molecular flexibility index (Phi) is 3.95. The van der Waals surface area contributed by atoms with Crippen molar-refractivity contribution in [1.29, 1.82) is 0 Å². The van der Waals surface area contributed by atoms with E-state index < -0.39 is 0 Å². The topological polar surface area (TPSA) is 23.6 Å². The highest BCUT2D eigenvalue weighted by atomic mass is 32.1. The van der Waals surface area contributed by atoms with Gasteiger partial charge >= 0.3 is 0 Å². The number of rotatable bonds is 2. The van der Waals surface area contributed by atoms with E-state index in [1.807, 2.05) is 0 Å². The van der Waals surface area contributed by atoms with Crippen molar-refractivity contribution in [3.05, 3.63) is 41.3 Å². The highest BCUT2D eigenvalue weighted by molar-refractivity contribution is 7.13. The molecule has 120 valence electrons. The van der Waals surface area contributed by atoms with Crippen LogP contribution in [0.2, 0.25) is 0 Å². The van der Waals surface area contributed by atoms with Gasteiger partial charge in [-0.15, -0.1) is 11.3 Å². The van der Waals surface area contributed by atoms with Gasteiger partial charge in [-0.3, -0.25) is 4.79 Å². The van der Waals surface area contributed by atoms with Crippen molar-refractivity contribution in [2.75, 3.05) is 25.0 Å². The number of anilines is 1. The molecule has 2 aliphatic heterocycles. The number of benzene rings is 1. The summed E-state index contributed by atoms with van der Waals surface area (Å²) in [6, 6.07) is 11.2. The maximum absolute atomic E-state index is 12.6. The fourth-order valence-electron chi connectivity index (χ4n) is 3.77. The molecule has 0 atom stereocenters. The average Bonchev–Trinajstić information content (AvgIpc) is 3.10. The predicted molar refractivity (Wildman–Crippen MR) is 96.1 cm³/mol. The molecule has 4 heteroatoms. The molecular weight excluding hydrogens is 304 g/mol. The van der Waals surface area contributed by atoms with Crippen LogP contribution in [0, 0.1) is 0 Å². The Bertz CT molecular complexity index is 702. The van der Waals surface area contributed by atoms with Crippen LogP contribution in [-0.2, 0) is 11.2 Å². The molecule has 0 saturated carbocycles. The number of carbonyl (C=O) groups is 1. The highest BCUT2D eigenvalue weighted by Gasteiger charge is 2.32. The summed E-state index contributed by atoms with van der Waals surface area (Å²) >= 11 is 1.77. The van der Waals surface area contributed by atoms with Crippen molar-refractivity contribution in [1.82, 2.24) is 4.90 Å². The van der Waals surface area contributed by atoms with Crippen molar-refractivity contribution in [2.45, 2.75) is 31.7 Å². The maximum atomic E-state index is 12.6. The Morgan fingerprint density at radius 2 is 1.96 bits per heavy atom. The first-order valence-corrected chi connectivity index (χ1v) is 9.28. The summed E-state index contributed by atoms with van der Waals surface area (Å²) in [5.74, 6) is 0.302. The minimum atomic E-state index is 0.302. The van der Waals surface area contributed by atoms with Gasteiger partial charge in [0.05, 0.1) is 0 Å². The summed E-state index contributed by atoms with van der Waals surface area (Å²) in [5, 5.41) is 2.11. The van der Waals surface area contributed by atoms with Crippen molar-refractivity contribution < 1.29 is 4.79 Å². The molecule has 4 rings (SSSR count). The van der Waals surface area contributed by atoms with Gasteiger partial charge in [0.1, 0.15) is 0 Å². The Morgan fingerprint density at radius 1 is 1.13 bits per heavy atom. The lowest BCUT2D eigenvalue weighted by Crippen LogP contribution is -2.48. The van der Waals surface area contributed by atoms with Crippen LogP contribution >= 0.6 is 11.3 Å². The Balaban J connectivity index is 1.66. The van der Waals surface area contributed by atoms with Crippen LogP contribution < -0.4 is 4.90 Å². The number of hydrogen-bond acceptors (Lipinski definition) is 3. The molecular formula is C19H22N2OS. The van der Waals surface area contributed by atoms with Crippen LogP contribution in [0.1, 0.15) is 24.8 Å². The van der Waals surface area contributed by atoms with Crippen LogP contribution in [0.25, 0.3) is 10.4 Å². The van der Waals surface area contributed by atoms with Gasteiger partial charge in [0.25, 0.3) is 0 Å². The van der Waals surface area contributed by atoms with Crippen molar-refractivity contribution in [3.8, 4) is 10.4 Å². The third-order valence-electron chi connectivity index (χ3n) is 5.07. The van der Waals surface area contributed by atoms with Crippen LogP contribution in [0.4, 0.5) is 5.69 Å². The number of carbonyl (C=O) groups excluding carboxylic acids is 1. The molecule has 0 unspecified atom stereocenters. The molecule has 1 fully saturated rings. The zero-order valence-corrected chi connectivity index (χ0v) is 14.3. The van der Waals surface area contributed by atoms with Gasteiger partial charge in [-0.2, -0.15) is 0 Å². The molecule has 0 N–H and O–H groups in total. The molecule has 2 aromatic rings. The number of amides is 1. The first-order valence-electron chi connectivity index (χ1n) is 8.40. The quantitative estimate of drug-likeness (QED) is 0.838. The van der Waals surface area contributed by atoms with Crippen LogP contribution in [-0.4, -0.2) is 37.0 Å². The smallest absolute Gasteiger partial charge is 0.227 e. The molecule has 0 aliphatic carbocycles. The summed E-state index contributed by atoms with van der Waals surface area (Å²) in [4.78, 5) is 18.3. The Morgan fingerprint density at radius 3 is 2.70 bits per heavy atom. The molecule has 1 aromatic carbocycles. The molecule has 3 nitrogen and oxygen atoms in total. The minimum absolute atomic E-state index is 0.302. The fraction of sp³-hybridized carbons (Fsp3) is 0.421. The lowest BCUT2D eigenvalue weighted by atomic mass is 9.94.